The molecule has 0 spiro atoms. The van der Waals surface area contributed by atoms with Gasteiger partial charge in [-0.05, 0) is 25.8 Å². The average molecular weight is 220 g/mol. The Morgan fingerprint density at radius 2 is 1.94 bits per heavy atom. The van der Waals surface area contributed by atoms with Crippen LogP contribution >= 0.6 is 0 Å². The molecule has 0 aliphatic carbocycles. The van der Waals surface area contributed by atoms with Crippen molar-refractivity contribution in [2.75, 3.05) is 0 Å². The van der Waals surface area contributed by atoms with E-state index >= 15 is 0 Å². The third kappa shape index (κ3) is 4.45. The second kappa shape index (κ2) is 6.28. The molecule has 1 rings (SSSR count). The van der Waals surface area contributed by atoms with Crippen molar-refractivity contribution >= 4 is 5.91 Å². The fourth-order valence-corrected chi connectivity index (χ4v) is 1.50. The van der Waals surface area contributed by atoms with E-state index in [1.807, 2.05) is 44.2 Å². The van der Waals surface area contributed by atoms with Crippen LogP contribution in [-0.2, 0) is 4.79 Å². The van der Waals surface area contributed by atoms with Gasteiger partial charge in [0.2, 0.25) is 5.91 Å². The molecular formula is C13H20N2O. The summed E-state index contributed by atoms with van der Waals surface area (Å²) >= 11 is 0. The van der Waals surface area contributed by atoms with Gasteiger partial charge in [0.1, 0.15) is 0 Å². The molecule has 2 atom stereocenters. The smallest absolute Gasteiger partial charge is 0.220 e. The highest BCUT2D eigenvalue weighted by Gasteiger charge is 2.09. The van der Waals surface area contributed by atoms with Gasteiger partial charge in [-0.1, -0.05) is 30.3 Å². The lowest BCUT2D eigenvalue weighted by Crippen LogP contribution is -2.28. The highest BCUT2D eigenvalue weighted by Crippen LogP contribution is 2.11. The first-order valence-corrected chi connectivity index (χ1v) is 5.69. The van der Waals surface area contributed by atoms with E-state index in [-0.39, 0.29) is 18.0 Å². The van der Waals surface area contributed by atoms with E-state index in [0.717, 1.165) is 12.0 Å². The van der Waals surface area contributed by atoms with Crippen molar-refractivity contribution in [1.82, 2.24) is 5.32 Å². The van der Waals surface area contributed by atoms with Crippen LogP contribution in [0.25, 0.3) is 0 Å². The van der Waals surface area contributed by atoms with Crippen LogP contribution < -0.4 is 11.1 Å². The van der Waals surface area contributed by atoms with Gasteiger partial charge in [-0.15, -0.1) is 0 Å². The summed E-state index contributed by atoms with van der Waals surface area (Å²) in [5, 5.41) is 2.96. The van der Waals surface area contributed by atoms with E-state index in [9.17, 15) is 4.79 Å². The Bertz CT molecular complexity index is 322. The fraction of sp³-hybridized carbons (Fsp3) is 0.462. The van der Waals surface area contributed by atoms with Crippen LogP contribution in [0.15, 0.2) is 30.3 Å². The van der Waals surface area contributed by atoms with Crippen molar-refractivity contribution in [3.8, 4) is 0 Å². The maximum Gasteiger partial charge on any atom is 0.220 e. The molecule has 16 heavy (non-hydrogen) atoms. The summed E-state index contributed by atoms with van der Waals surface area (Å²) in [6.07, 6.45) is 1.22. The van der Waals surface area contributed by atoms with E-state index in [4.69, 9.17) is 5.73 Å². The first-order chi connectivity index (χ1) is 7.59. The largest absolute Gasteiger partial charge is 0.350 e. The van der Waals surface area contributed by atoms with E-state index in [1.165, 1.54) is 0 Å². The highest BCUT2D eigenvalue weighted by atomic mass is 16.1. The van der Waals surface area contributed by atoms with E-state index in [0.29, 0.717) is 6.42 Å². The summed E-state index contributed by atoms with van der Waals surface area (Å²) in [7, 11) is 0. The third-order valence-corrected chi connectivity index (χ3v) is 2.50. The number of rotatable bonds is 5. The van der Waals surface area contributed by atoms with Crippen molar-refractivity contribution in [1.29, 1.82) is 0 Å². The van der Waals surface area contributed by atoms with Crippen LogP contribution in [0.5, 0.6) is 0 Å². The number of nitrogens with two attached hydrogens (primary N) is 1. The molecule has 0 aromatic heterocycles. The Balaban J connectivity index is 2.40. The third-order valence-electron chi connectivity index (χ3n) is 2.50. The molecule has 0 fully saturated rings. The summed E-state index contributed by atoms with van der Waals surface area (Å²) in [6.45, 7) is 3.90. The van der Waals surface area contributed by atoms with Crippen LogP contribution in [0.1, 0.15) is 38.3 Å². The summed E-state index contributed by atoms with van der Waals surface area (Å²) in [5.41, 5.74) is 6.72. The van der Waals surface area contributed by atoms with Crippen LogP contribution in [0, 0.1) is 0 Å². The molecule has 0 saturated carbocycles. The number of carbonyl (C=O) groups is 1. The lowest BCUT2D eigenvalue weighted by Gasteiger charge is -2.14. The summed E-state index contributed by atoms with van der Waals surface area (Å²) in [5.74, 6) is 0.0636. The summed E-state index contributed by atoms with van der Waals surface area (Å²) in [4.78, 5) is 11.6. The second-order valence-corrected chi connectivity index (χ2v) is 4.22. The number of amides is 1. The van der Waals surface area contributed by atoms with Crippen LogP contribution in [0.2, 0.25) is 0 Å². The molecule has 1 amide bonds. The van der Waals surface area contributed by atoms with Gasteiger partial charge in [0.15, 0.2) is 0 Å². The zero-order valence-corrected chi connectivity index (χ0v) is 9.94. The Morgan fingerprint density at radius 3 is 2.50 bits per heavy atom. The molecule has 3 heteroatoms. The molecule has 2 unspecified atom stereocenters. The maximum atomic E-state index is 11.6. The van der Waals surface area contributed by atoms with Crippen molar-refractivity contribution in [2.45, 2.75) is 38.8 Å². The molecule has 3 nitrogen and oxygen atoms in total. The number of nitrogens with one attached hydrogen (secondary N) is 1. The number of hydrogen-bond acceptors (Lipinski definition) is 2. The first kappa shape index (κ1) is 12.7. The van der Waals surface area contributed by atoms with Crippen molar-refractivity contribution in [3.05, 3.63) is 35.9 Å². The fourth-order valence-electron chi connectivity index (χ4n) is 1.50. The lowest BCUT2D eigenvalue weighted by atomic mass is 10.1. The number of hydrogen-bond donors (Lipinski definition) is 2. The van der Waals surface area contributed by atoms with Gasteiger partial charge >= 0.3 is 0 Å². The van der Waals surface area contributed by atoms with Crippen LogP contribution in [0.3, 0.4) is 0 Å². The van der Waals surface area contributed by atoms with Gasteiger partial charge < -0.3 is 11.1 Å². The molecule has 0 saturated heterocycles. The van der Waals surface area contributed by atoms with Crippen LogP contribution in [-0.4, -0.2) is 11.9 Å². The van der Waals surface area contributed by atoms with Gasteiger partial charge in [-0.3, -0.25) is 4.79 Å². The predicted molar refractivity (Wildman–Crippen MR) is 65.9 cm³/mol. The number of benzene rings is 1. The van der Waals surface area contributed by atoms with E-state index in [1.54, 1.807) is 0 Å². The topological polar surface area (TPSA) is 55.1 Å². The molecule has 3 N–H and O–H groups in total. The minimum Gasteiger partial charge on any atom is -0.350 e. The predicted octanol–water partition coefficient (Wildman–Crippen LogP) is 1.99. The normalized spacial score (nSPS) is 14.2. The summed E-state index contributed by atoms with van der Waals surface area (Å²) in [6, 6.07) is 10.1. The molecule has 0 heterocycles. The molecule has 1 aromatic rings. The molecule has 0 radical (unpaired) electrons. The van der Waals surface area contributed by atoms with Crippen molar-refractivity contribution in [3.63, 3.8) is 0 Å². The van der Waals surface area contributed by atoms with Crippen molar-refractivity contribution in [2.24, 2.45) is 5.73 Å². The van der Waals surface area contributed by atoms with Gasteiger partial charge in [-0.25, -0.2) is 0 Å². The molecule has 0 aliphatic heterocycles. The molecule has 0 aliphatic rings. The molecule has 88 valence electrons. The zero-order chi connectivity index (χ0) is 12.0. The van der Waals surface area contributed by atoms with Gasteiger partial charge in [0, 0.05) is 12.5 Å². The highest BCUT2D eigenvalue weighted by molar-refractivity contribution is 5.76. The SMILES string of the molecule is CC(N)CCC(=O)NC(C)c1ccccc1. The minimum absolute atomic E-state index is 0.0572. The standard InChI is InChI=1S/C13H20N2O/c1-10(14)8-9-13(16)15-11(2)12-6-4-3-5-7-12/h3-7,10-11H,8-9,14H2,1-2H3,(H,15,16). The Morgan fingerprint density at radius 1 is 1.31 bits per heavy atom. The molecular weight excluding hydrogens is 200 g/mol. The average Bonchev–Trinajstić information content (AvgIpc) is 2.27. The zero-order valence-electron chi connectivity index (χ0n) is 9.94. The Hall–Kier alpha value is -1.35. The Labute approximate surface area is 97.0 Å². The quantitative estimate of drug-likeness (QED) is 0.797. The van der Waals surface area contributed by atoms with Gasteiger partial charge in [0.25, 0.3) is 0 Å². The van der Waals surface area contributed by atoms with Crippen molar-refractivity contribution < 1.29 is 4.79 Å². The van der Waals surface area contributed by atoms with Gasteiger partial charge in [-0.2, -0.15) is 0 Å². The Kier molecular flexibility index (Phi) is 4.99. The first-order valence-electron chi connectivity index (χ1n) is 5.69. The number of carbonyl (C=O) groups excluding carboxylic acids is 1. The molecule has 1 aromatic carbocycles. The minimum atomic E-state index is 0.0572. The van der Waals surface area contributed by atoms with Gasteiger partial charge in [0.05, 0.1) is 6.04 Å². The molecule has 0 bridgehead atoms. The monoisotopic (exact) mass is 220 g/mol. The second-order valence-electron chi connectivity index (χ2n) is 4.22. The van der Waals surface area contributed by atoms with Crippen LogP contribution in [0.4, 0.5) is 0 Å². The lowest BCUT2D eigenvalue weighted by molar-refractivity contribution is -0.121. The summed E-state index contributed by atoms with van der Waals surface area (Å²) < 4.78 is 0. The maximum absolute atomic E-state index is 11.6. The van der Waals surface area contributed by atoms with E-state index < -0.39 is 0 Å². The van der Waals surface area contributed by atoms with E-state index in [2.05, 4.69) is 5.32 Å².